The number of benzene rings is 1. The van der Waals surface area contributed by atoms with Crippen molar-refractivity contribution < 1.29 is 27.6 Å². The van der Waals surface area contributed by atoms with E-state index in [1.54, 1.807) is 0 Å². The minimum atomic E-state index is -4.69. The van der Waals surface area contributed by atoms with Crippen LogP contribution in [0.15, 0.2) is 42.7 Å². The first-order valence-corrected chi connectivity index (χ1v) is 7.25. The minimum absolute atomic E-state index is 0.0299. The van der Waals surface area contributed by atoms with Crippen LogP contribution in [0, 0.1) is 15.3 Å². The average molecular weight is 370 g/mol. The van der Waals surface area contributed by atoms with E-state index < -0.39 is 28.3 Å². The number of aromatic nitrogens is 1. The van der Waals surface area contributed by atoms with Gasteiger partial charge in [0.25, 0.3) is 11.6 Å². The van der Waals surface area contributed by atoms with E-state index in [9.17, 15) is 33.3 Å². The Morgan fingerprint density at radius 2 is 1.96 bits per heavy atom. The fraction of sp³-hybridized carbons (Fsp3) is 0.200. The van der Waals surface area contributed by atoms with Crippen molar-refractivity contribution in [3.8, 4) is 0 Å². The van der Waals surface area contributed by atoms with Gasteiger partial charge in [-0.1, -0.05) is 0 Å². The molecule has 0 aliphatic heterocycles. The number of pyridine rings is 1. The number of nitro groups is 1. The van der Waals surface area contributed by atoms with Crippen molar-refractivity contribution in [3.63, 3.8) is 0 Å². The van der Waals surface area contributed by atoms with E-state index in [1.807, 2.05) is 0 Å². The minimum Gasteiger partial charge on any atom is -0.619 e. The van der Waals surface area contributed by atoms with Crippen LogP contribution in [0.25, 0.3) is 0 Å². The Hall–Kier alpha value is -3.37. The molecule has 0 radical (unpaired) electrons. The van der Waals surface area contributed by atoms with Gasteiger partial charge in [-0.25, -0.2) is 0 Å². The molecular weight excluding hydrogens is 357 g/mol. The zero-order chi connectivity index (χ0) is 19.3. The highest BCUT2D eigenvalue weighted by Gasteiger charge is 2.32. The fourth-order valence-corrected chi connectivity index (χ4v) is 2.07. The molecule has 1 aromatic carbocycles. The van der Waals surface area contributed by atoms with Gasteiger partial charge in [0, 0.05) is 25.2 Å². The molecule has 1 amide bonds. The van der Waals surface area contributed by atoms with E-state index in [1.165, 1.54) is 18.3 Å². The second-order valence-electron chi connectivity index (χ2n) is 5.12. The molecule has 0 spiro atoms. The molecule has 8 nitrogen and oxygen atoms in total. The Bertz CT molecular complexity index is 827. The number of halogens is 3. The second-order valence-corrected chi connectivity index (χ2v) is 5.12. The molecule has 0 saturated carbocycles. The molecule has 2 N–H and O–H groups in total. The molecule has 138 valence electrons. The lowest BCUT2D eigenvalue weighted by atomic mass is 10.1. The smallest absolute Gasteiger partial charge is 0.416 e. The van der Waals surface area contributed by atoms with Crippen LogP contribution in [0.3, 0.4) is 0 Å². The largest absolute Gasteiger partial charge is 0.619 e. The molecule has 1 heterocycles. The summed E-state index contributed by atoms with van der Waals surface area (Å²) < 4.78 is 38.4. The Morgan fingerprint density at radius 3 is 2.58 bits per heavy atom. The maximum absolute atomic E-state index is 12.6. The molecule has 0 bridgehead atoms. The van der Waals surface area contributed by atoms with Gasteiger partial charge in [0.1, 0.15) is 11.3 Å². The summed E-state index contributed by atoms with van der Waals surface area (Å²) in [5.74, 6) is -0.529. The SMILES string of the molecule is O=C(NCCNc1ccc(C(F)(F)F)cc1[N+](=O)[O-])c1ccc[n+]([O-])c1. The van der Waals surface area contributed by atoms with E-state index >= 15 is 0 Å². The number of carbonyl (C=O) groups is 1. The summed E-state index contributed by atoms with van der Waals surface area (Å²) in [4.78, 5) is 21.8. The number of amides is 1. The first kappa shape index (κ1) is 19.0. The van der Waals surface area contributed by atoms with Gasteiger partial charge < -0.3 is 15.8 Å². The summed E-state index contributed by atoms with van der Waals surface area (Å²) in [6.45, 7) is 0.0624. The van der Waals surface area contributed by atoms with Gasteiger partial charge in [-0.2, -0.15) is 17.9 Å². The maximum atomic E-state index is 12.6. The predicted molar refractivity (Wildman–Crippen MR) is 84.3 cm³/mol. The Morgan fingerprint density at radius 1 is 1.23 bits per heavy atom. The van der Waals surface area contributed by atoms with E-state index in [2.05, 4.69) is 10.6 Å². The topological polar surface area (TPSA) is 111 Å². The third kappa shape index (κ3) is 4.82. The first-order chi connectivity index (χ1) is 12.2. The molecule has 2 rings (SSSR count). The van der Waals surface area contributed by atoms with Gasteiger partial charge in [0.05, 0.1) is 10.5 Å². The van der Waals surface area contributed by atoms with Crippen LogP contribution in [0.2, 0.25) is 0 Å². The summed E-state index contributed by atoms with van der Waals surface area (Å²) in [6.07, 6.45) is -2.41. The Balaban J connectivity index is 1.97. The molecule has 0 unspecified atom stereocenters. The highest BCUT2D eigenvalue weighted by atomic mass is 19.4. The number of nitrogens with zero attached hydrogens (tertiary/aromatic N) is 2. The summed E-state index contributed by atoms with van der Waals surface area (Å²) in [6, 6.07) is 4.95. The van der Waals surface area contributed by atoms with Crippen LogP contribution in [0.4, 0.5) is 24.5 Å². The predicted octanol–water partition coefficient (Wildman–Crippen LogP) is 2.09. The summed E-state index contributed by atoms with van der Waals surface area (Å²) in [7, 11) is 0. The molecule has 1 aromatic heterocycles. The van der Waals surface area contributed by atoms with Crippen molar-refractivity contribution in [2.45, 2.75) is 6.18 Å². The molecule has 0 aliphatic carbocycles. The molecule has 0 aliphatic rings. The molecule has 0 fully saturated rings. The van der Waals surface area contributed by atoms with Crippen molar-refractivity contribution >= 4 is 17.3 Å². The van der Waals surface area contributed by atoms with Gasteiger partial charge in [-0.3, -0.25) is 14.9 Å². The van der Waals surface area contributed by atoms with Crippen molar-refractivity contribution in [1.29, 1.82) is 0 Å². The number of hydrogen-bond acceptors (Lipinski definition) is 5. The highest BCUT2D eigenvalue weighted by molar-refractivity contribution is 5.93. The number of nitro benzene ring substituents is 1. The van der Waals surface area contributed by atoms with Crippen LogP contribution >= 0.6 is 0 Å². The average Bonchev–Trinajstić information content (AvgIpc) is 2.57. The van der Waals surface area contributed by atoms with Crippen LogP contribution < -0.4 is 15.4 Å². The van der Waals surface area contributed by atoms with Crippen molar-refractivity contribution in [2.75, 3.05) is 18.4 Å². The van der Waals surface area contributed by atoms with Crippen molar-refractivity contribution in [3.05, 3.63) is 69.2 Å². The van der Waals surface area contributed by atoms with E-state index in [4.69, 9.17) is 0 Å². The summed E-state index contributed by atoms with van der Waals surface area (Å²) in [5.41, 5.74) is -1.82. The number of anilines is 1. The van der Waals surface area contributed by atoms with Gasteiger partial charge in [-0.05, 0) is 18.2 Å². The first-order valence-electron chi connectivity index (χ1n) is 7.25. The Labute approximate surface area is 145 Å². The lowest BCUT2D eigenvalue weighted by Crippen LogP contribution is -2.32. The van der Waals surface area contributed by atoms with E-state index in [-0.39, 0.29) is 24.3 Å². The zero-order valence-corrected chi connectivity index (χ0v) is 13.1. The van der Waals surface area contributed by atoms with Gasteiger partial charge in [0.2, 0.25) is 0 Å². The number of alkyl halides is 3. The lowest BCUT2D eigenvalue weighted by Gasteiger charge is -2.11. The normalized spacial score (nSPS) is 11.0. The molecule has 0 saturated heterocycles. The number of nitrogens with one attached hydrogen (secondary N) is 2. The quantitative estimate of drug-likeness (QED) is 0.266. The van der Waals surface area contributed by atoms with Gasteiger partial charge in [-0.15, -0.1) is 0 Å². The third-order valence-electron chi connectivity index (χ3n) is 3.29. The van der Waals surface area contributed by atoms with Crippen molar-refractivity contribution in [2.24, 2.45) is 0 Å². The van der Waals surface area contributed by atoms with E-state index in [0.29, 0.717) is 10.8 Å². The molecule has 2 aromatic rings. The fourth-order valence-electron chi connectivity index (χ4n) is 2.07. The number of rotatable bonds is 6. The molecule has 0 atom stereocenters. The van der Waals surface area contributed by atoms with Crippen LogP contribution in [0.1, 0.15) is 15.9 Å². The monoisotopic (exact) mass is 370 g/mol. The standard InChI is InChI=1S/C15H13F3N4O4/c16-15(17,18)11-3-4-12(13(8-11)22(25)26)19-5-6-20-14(23)10-2-1-7-21(24)9-10/h1-4,7-9,19H,5-6H2,(H,20,23). The van der Waals surface area contributed by atoms with Crippen molar-refractivity contribution in [1.82, 2.24) is 5.32 Å². The van der Waals surface area contributed by atoms with E-state index in [0.717, 1.165) is 18.3 Å². The maximum Gasteiger partial charge on any atom is 0.416 e. The van der Waals surface area contributed by atoms with Crippen LogP contribution in [-0.2, 0) is 6.18 Å². The van der Waals surface area contributed by atoms with Gasteiger partial charge in [0.15, 0.2) is 12.4 Å². The number of carbonyl (C=O) groups excluding carboxylic acids is 1. The summed E-state index contributed by atoms with van der Waals surface area (Å²) >= 11 is 0. The number of hydrogen-bond donors (Lipinski definition) is 2. The van der Waals surface area contributed by atoms with Crippen LogP contribution in [-0.4, -0.2) is 23.9 Å². The van der Waals surface area contributed by atoms with Crippen LogP contribution in [0.5, 0.6) is 0 Å². The summed E-state index contributed by atoms with van der Waals surface area (Å²) in [5, 5.41) is 27.1. The molecular formula is C15H13F3N4O4. The zero-order valence-electron chi connectivity index (χ0n) is 13.1. The third-order valence-corrected chi connectivity index (χ3v) is 3.29. The lowest BCUT2D eigenvalue weighted by molar-refractivity contribution is -0.605. The molecule has 11 heteroatoms. The highest BCUT2D eigenvalue weighted by Crippen LogP contribution is 2.34. The Kier molecular flexibility index (Phi) is 5.60. The van der Waals surface area contributed by atoms with Gasteiger partial charge >= 0.3 is 6.18 Å². The second kappa shape index (κ2) is 7.68. The molecule has 26 heavy (non-hydrogen) atoms.